The lowest BCUT2D eigenvalue weighted by Crippen LogP contribution is -2.64. The second-order valence-electron chi connectivity index (χ2n) is 5.95. The minimum absolute atomic E-state index is 0.0122. The van der Waals surface area contributed by atoms with Crippen molar-refractivity contribution in [2.45, 2.75) is 25.4 Å². The van der Waals surface area contributed by atoms with Crippen molar-refractivity contribution in [1.82, 2.24) is 9.88 Å². The SMILES string of the molecule is Cc1nc(-c2cccs2)sc1C(=O)N1CC(O)(C2CC2)C1. The topological polar surface area (TPSA) is 53.4 Å². The molecule has 1 amide bonds. The molecule has 21 heavy (non-hydrogen) atoms. The van der Waals surface area contributed by atoms with Gasteiger partial charge in [-0.15, -0.1) is 22.7 Å². The van der Waals surface area contributed by atoms with Gasteiger partial charge in [0.15, 0.2) is 0 Å². The maximum Gasteiger partial charge on any atom is 0.266 e. The molecule has 2 aromatic rings. The lowest BCUT2D eigenvalue weighted by Gasteiger charge is -2.46. The number of hydrogen-bond donors (Lipinski definition) is 1. The quantitative estimate of drug-likeness (QED) is 0.946. The number of rotatable bonds is 3. The first-order valence-corrected chi connectivity index (χ1v) is 8.79. The molecule has 1 N–H and O–H groups in total. The highest BCUT2D eigenvalue weighted by Gasteiger charge is 2.53. The molecule has 0 aromatic carbocycles. The standard InChI is InChI=1S/C15H16N2O2S2/c1-9-12(21-13(16-9)11-3-2-6-20-11)14(18)17-7-15(19,8-17)10-4-5-10/h2-3,6,10,19H,4-5,7-8H2,1H3. The van der Waals surface area contributed by atoms with E-state index in [9.17, 15) is 9.90 Å². The van der Waals surface area contributed by atoms with E-state index < -0.39 is 5.60 Å². The number of hydrogen-bond acceptors (Lipinski definition) is 5. The minimum atomic E-state index is -0.620. The third-order valence-corrected chi connectivity index (χ3v) is 6.46. The van der Waals surface area contributed by atoms with Crippen LogP contribution in [0.25, 0.3) is 9.88 Å². The molecule has 1 aliphatic heterocycles. The van der Waals surface area contributed by atoms with E-state index in [2.05, 4.69) is 4.98 Å². The molecule has 110 valence electrons. The van der Waals surface area contributed by atoms with E-state index in [0.29, 0.717) is 23.9 Å². The van der Waals surface area contributed by atoms with E-state index in [1.807, 2.05) is 24.4 Å². The van der Waals surface area contributed by atoms with E-state index in [-0.39, 0.29) is 5.91 Å². The fourth-order valence-corrected chi connectivity index (χ4v) is 4.71. The van der Waals surface area contributed by atoms with Gasteiger partial charge in [-0.2, -0.15) is 0 Å². The van der Waals surface area contributed by atoms with E-state index in [1.165, 1.54) is 11.3 Å². The summed E-state index contributed by atoms with van der Waals surface area (Å²) in [7, 11) is 0. The van der Waals surface area contributed by atoms with Crippen LogP contribution in [0.2, 0.25) is 0 Å². The summed E-state index contributed by atoms with van der Waals surface area (Å²) in [5.41, 5.74) is 0.167. The van der Waals surface area contributed by atoms with Gasteiger partial charge in [0.25, 0.3) is 5.91 Å². The lowest BCUT2D eigenvalue weighted by molar-refractivity contribution is -0.0957. The van der Waals surface area contributed by atoms with Crippen LogP contribution >= 0.6 is 22.7 Å². The minimum Gasteiger partial charge on any atom is -0.386 e. The van der Waals surface area contributed by atoms with Crippen LogP contribution in [0.5, 0.6) is 0 Å². The monoisotopic (exact) mass is 320 g/mol. The highest BCUT2D eigenvalue weighted by molar-refractivity contribution is 7.22. The van der Waals surface area contributed by atoms with Gasteiger partial charge in [-0.05, 0) is 37.1 Å². The van der Waals surface area contributed by atoms with Crippen molar-refractivity contribution in [2.24, 2.45) is 5.92 Å². The number of nitrogens with zero attached hydrogens (tertiary/aromatic N) is 2. The molecule has 2 aromatic heterocycles. The fourth-order valence-electron chi connectivity index (χ4n) is 2.88. The molecule has 0 unspecified atom stereocenters. The van der Waals surface area contributed by atoms with E-state index >= 15 is 0 Å². The molecule has 1 aliphatic carbocycles. The van der Waals surface area contributed by atoms with Crippen molar-refractivity contribution in [3.63, 3.8) is 0 Å². The Kier molecular flexibility index (Phi) is 2.96. The van der Waals surface area contributed by atoms with Gasteiger partial charge in [-0.25, -0.2) is 4.98 Å². The Balaban J connectivity index is 1.53. The number of aromatic nitrogens is 1. The molecular formula is C15H16N2O2S2. The molecule has 6 heteroatoms. The van der Waals surface area contributed by atoms with E-state index in [1.54, 1.807) is 16.2 Å². The molecule has 4 rings (SSSR count). The number of likely N-dealkylation sites (tertiary alicyclic amines) is 1. The Morgan fingerprint density at radius 1 is 1.48 bits per heavy atom. The maximum atomic E-state index is 12.6. The summed E-state index contributed by atoms with van der Waals surface area (Å²) >= 11 is 3.09. The van der Waals surface area contributed by atoms with Gasteiger partial charge >= 0.3 is 0 Å². The number of amides is 1. The zero-order chi connectivity index (χ0) is 14.6. The molecule has 0 atom stereocenters. The third kappa shape index (κ3) is 2.22. The zero-order valence-electron chi connectivity index (χ0n) is 11.7. The zero-order valence-corrected chi connectivity index (χ0v) is 13.3. The molecule has 0 radical (unpaired) electrons. The summed E-state index contributed by atoms with van der Waals surface area (Å²) < 4.78 is 0. The Labute approximate surface area is 131 Å². The maximum absolute atomic E-state index is 12.6. The average Bonchev–Trinajstić information content (AvgIpc) is 2.99. The molecule has 0 spiro atoms. The van der Waals surface area contributed by atoms with Gasteiger partial charge in [-0.1, -0.05) is 6.07 Å². The first-order valence-electron chi connectivity index (χ1n) is 7.10. The predicted molar refractivity (Wildman–Crippen MR) is 83.7 cm³/mol. The second-order valence-corrected chi connectivity index (χ2v) is 7.90. The highest BCUT2D eigenvalue weighted by atomic mass is 32.1. The van der Waals surface area contributed by atoms with Crippen LogP contribution in [0.1, 0.15) is 28.2 Å². The van der Waals surface area contributed by atoms with Crippen molar-refractivity contribution < 1.29 is 9.90 Å². The highest BCUT2D eigenvalue weighted by Crippen LogP contribution is 2.45. The molecular weight excluding hydrogens is 304 g/mol. The average molecular weight is 320 g/mol. The van der Waals surface area contributed by atoms with Crippen LogP contribution in [0, 0.1) is 12.8 Å². The van der Waals surface area contributed by atoms with Crippen LogP contribution in [-0.4, -0.2) is 39.6 Å². The number of β-amino-alcohol motifs (C(OH)–C–C–N with tert-alkyl or cyclic N) is 1. The first-order chi connectivity index (χ1) is 10.1. The molecule has 4 nitrogen and oxygen atoms in total. The summed E-state index contributed by atoms with van der Waals surface area (Å²) in [4.78, 5) is 20.6. The second kappa shape index (κ2) is 4.63. The Morgan fingerprint density at radius 3 is 2.86 bits per heavy atom. The largest absolute Gasteiger partial charge is 0.386 e. The number of thiazole rings is 1. The summed E-state index contributed by atoms with van der Waals surface area (Å²) in [5, 5.41) is 13.3. The van der Waals surface area contributed by atoms with Crippen LogP contribution in [-0.2, 0) is 0 Å². The first kappa shape index (κ1) is 13.4. The van der Waals surface area contributed by atoms with Crippen LogP contribution in [0.15, 0.2) is 17.5 Å². The summed E-state index contributed by atoms with van der Waals surface area (Å²) in [6.07, 6.45) is 2.20. The summed E-state index contributed by atoms with van der Waals surface area (Å²) in [5.74, 6) is 0.420. The van der Waals surface area contributed by atoms with Gasteiger partial charge in [0.2, 0.25) is 0 Å². The molecule has 2 fully saturated rings. The van der Waals surface area contributed by atoms with Crippen molar-refractivity contribution >= 4 is 28.6 Å². The van der Waals surface area contributed by atoms with E-state index in [0.717, 1.165) is 28.4 Å². The molecule has 2 aliphatic rings. The molecule has 0 bridgehead atoms. The Morgan fingerprint density at radius 2 is 2.24 bits per heavy atom. The molecule has 1 saturated heterocycles. The van der Waals surface area contributed by atoms with Crippen LogP contribution in [0.4, 0.5) is 0 Å². The van der Waals surface area contributed by atoms with Gasteiger partial charge in [0.05, 0.1) is 23.7 Å². The van der Waals surface area contributed by atoms with Gasteiger partial charge < -0.3 is 10.0 Å². The number of aryl methyl sites for hydroxylation is 1. The fraction of sp³-hybridized carbons (Fsp3) is 0.467. The number of carbonyl (C=O) groups excluding carboxylic acids is 1. The van der Waals surface area contributed by atoms with Crippen LogP contribution in [0.3, 0.4) is 0 Å². The third-order valence-electron chi connectivity index (χ3n) is 4.28. The number of thiophene rings is 1. The van der Waals surface area contributed by atoms with Crippen molar-refractivity contribution in [3.05, 3.63) is 28.1 Å². The molecule has 1 saturated carbocycles. The van der Waals surface area contributed by atoms with Crippen LogP contribution < -0.4 is 0 Å². The number of carbonyl (C=O) groups is 1. The smallest absolute Gasteiger partial charge is 0.266 e. The van der Waals surface area contributed by atoms with Gasteiger partial charge in [0.1, 0.15) is 15.5 Å². The predicted octanol–water partition coefficient (Wildman–Crippen LogP) is 2.78. The van der Waals surface area contributed by atoms with E-state index in [4.69, 9.17) is 0 Å². The van der Waals surface area contributed by atoms with Gasteiger partial charge in [0, 0.05) is 0 Å². The van der Waals surface area contributed by atoms with Crippen molar-refractivity contribution in [1.29, 1.82) is 0 Å². The normalized spacial score (nSPS) is 20.4. The summed E-state index contributed by atoms with van der Waals surface area (Å²) in [6, 6.07) is 4.01. The Bertz CT molecular complexity index is 683. The van der Waals surface area contributed by atoms with Gasteiger partial charge in [-0.3, -0.25) is 4.79 Å². The number of aliphatic hydroxyl groups is 1. The van der Waals surface area contributed by atoms with Crippen molar-refractivity contribution in [3.8, 4) is 9.88 Å². The molecule has 3 heterocycles. The summed E-state index contributed by atoms with van der Waals surface area (Å²) in [6.45, 7) is 2.83. The Hall–Kier alpha value is -1.24. The lowest BCUT2D eigenvalue weighted by atomic mass is 9.88. The van der Waals surface area contributed by atoms with Crippen molar-refractivity contribution in [2.75, 3.05) is 13.1 Å².